The van der Waals surface area contributed by atoms with Gasteiger partial charge < -0.3 is 14.4 Å². The summed E-state index contributed by atoms with van der Waals surface area (Å²) in [5.74, 6) is 0.663. The van der Waals surface area contributed by atoms with Crippen LogP contribution < -0.4 is 0 Å². The largest absolute Gasteiger partial charge is 0.392 e. The summed E-state index contributed by atoms with van der Waals surface area (Å²) in [7, 11) is 0. The molecule has 5 atom stereocenters. The zero-order valence-corrected chi connectivity index (χ0v) is 14.3. The first-order valence-electron chi connectivity index (χ1n) is 9.29. The zero-order valence-electron chi connectivity index (χ0n) is 14.3. The molecule has 1 saturated heterocycles. The van der Waals surface area contributed by atoms with Crippen LogP contribution in [0.5, 0.6) is 0 Å². The van der Waals surface area contributed by atoms with Gasteiger partial charge in [-0.05, 0) is 25.7 Å². The van der Waals surface area contributed by atoms with Crippen LogP contribution in [0.3, 0.4) is 0 Å². The number of rotatable bonds is 1. The van der Waals surface area contributed by atoms with Crippen LogP contribution >= 0.6 is 0 Å². The molecule has 1 aromatic heterocycles. The van der Waals surface area contributed by atoms with E-state index in [1.54, 1.807) is 0 Å². The van der Waals surface area contributed by atoms with Crippen molar-refractivity contribution in [3.8, 4) is 0 Å². The van der Waals surface area contributed by atoms with Crippen LogP contribution in [0.25, 0.3) is 0 Å². The third-order valence-electron chi connectivity index (χ3n) is 7.39. The second kappa shape index (κ2) is 5.06. The van der Waals surface area contributed by atoms with Gasteiger partial charge in [0.05, 0.1) is 12.4 Å². The van der Waals surface area contributed by atoms with Crippen LogP contribution in [0.15, 0.2) is 36.8 Å². The minimum Gasteiger partial charge on any atom is -0.392 e. The van der Waals surface area contributed by atoms with Gasteiger partial charge >= 0.3 is 0 Å². The van der Waals surface area contributed by atoms with Gasteiger partial charge in [0.25, 0.3) is 0 Å². The zero-order chi connectivity index (χ0) is 16.4. The van der Waals surface area contributed by atoms with Gasteiger partial charge in [-0.1, -0.05) is 31.2 Å². The molecule has 0 amide bonds. The fourth-order valence-corrected chi connectivity index (χ4v) is 6.07. The second-order valence-corrected chi connectivity index (χ2v) is 8.38. The first-order valence-corrected chi connectivity index (χ1v) is 9.29. The number of aromatic nitrogens is 2. The lowest BCUT2D eigenvalue weighted by Gasteiger charge is -2.42. The van der Waals surface area contributed by atoms with Crippen molar-refractivity contribution >= 4 is 0 Å². The van der Waals surface area contributed by atoms with Crippen molar-refractivity contribution in [3.63, 3.8) is 0 Å². The molecule has 24 heavy (non-hydrogen) atoms. The van der Waals surface area contributed by atoms with Gasteiger partial charge in [0.1, 0.15) is 0 Å². The van der Waals surface area contributed by atoms with Crippen molar-refractivity contribution < 1.29 is 9.84 Å². The summed E-state index contributed by atoms with van der Waals surface area (Å²) in [6, 6.07) is 0.290. The van der Waals surface area contributed by atoms with Gasteiger partial charge in [0.2, 0.25) is 0 Å². The number of hydrogen-bond acceptors (Lipinski definition) is 3. The lowest BCUT2D eigenvalue weighted by Crippen LogP contribution is -2.43. The van der Waals surface area contributed by atoms with E-state index in [9.17, 15) is 5.11 Å². The quantitative estimate of drug-likeness (QED) is 0.862. The number of fused-ring (bicyclic) bond motifs is 3. The van der Waals surface area contributed by atoms with E-state index in [2.05, 4.69) is 40.8 Å². The average molecular weight is 326 g/mol. The summed E-state index contributed by atoms with van der Waals surface area (Å²) in [4.78, 5) is 4.42. The molecule has 2 fully saturated rings. The van der Waals surface area contributed by atoms with E-state index in [1.807, 2.05) is 12.5 Å². The van der Waals surface area contributed by atoms with Gasteiger partial charge in [0, 0.05) is 53.8 Å². The molecule has 5 rings (SSSR count). The monoisotopic (exact) mass is 326 g/mol. The molecule has 3 heterocycles. The third-order valence-corrected chi connectivity index (χ3v) is 7.39. The first kappa shape index (κ1) is 14.9. The van der Waals surface area contributed by atoms with Crippen molar-refractivity contribution in [1.29, 1.82) is 0 Å². The Morgan fingerprint density at radius 1 is 1.25 bits per heavy atom. The number of aliphatic hydroxyl groups is 1. The normalized spacial score (nSPS) is 42.4. The molecule has 1 aromatic rings. The van der Waals surface area contributed by atoms with Gasteiger partial charge in [0.15, 0.2) is 0 Å². The molecule has 1 spiro atoms. The standard InChI is InChI=1S/C20H26N2O2/c1-19-6-3-2-4-15(19)16-12-21-13-22(16)17(19)14-5-7-20(18(14)23)8-10-24-11-9-20/h2-4,6,12-15,17-18,23H,5,7-11H2,1H3/t14-,15?,17+,18+,19?/m0/s1. The fourth-order valence-electron chi connectivity index (χ4n) is 6.07. The summed E-state index contributed by atoms with van der Waals surface area (Å²) < 4.78 is 7.93. The van der Waals surface area contributed by atoms with Crippen molar-refractivity contribution in [3.05, 3.63) is 42.5 Å². The number of allylic oxidation sites excluding steroid dienone is 4. The van der Waals surface area contributed by atoms with E-state index in [4.69, 9.17) is 4.74 Å². The highest BCUT2D eigenvalue weighted by Gasteiger charge is 2.58. The maximum atomic E-state index is 11.4. The Labute approximate surface area is 143 Å². The van der Waals surface area contributed by atoms with E-state index in [0.29, 0.717) is 17.9 Å². The molecule has 4 nitrogen and oxygen atoms in total. The number of ether oxygens (including phenoxy) is 1. The lowest BCUT2D eigenvalue weighted by molar-refractivity contribution is -0.0664. The SMILES string of the molecule is CC12C=CC=CC1c1cncn1[C@@H]2[C@@H]1CCC2(CCOCC2)[C@@H]1O. The van der Waals surface area contributed by atoms with Crippen molar-refractivity contribution in [2.24, 2.45) is 16.7 Å². The highest BCUT2D eigenvalue weighted by molar-refractivity contribution is 5.36. The molecule has 0 radical (unpaired) electrons. The van der Waals surface area contributed by atoms with Crippen molar-refractivity contribution in [1.82, 2.24) is 9.55 Å². The first-order chi connectivity index (χ1) is 11.7. The fraction of sp³-hybridized carbons (Fsp3) is 0.650. The molecule has 2 aliphatic heterocycles. The van der Waals surface area contributed by atoms with Crippen LogP contribution in [0.2, 0.25) is 0 Å². The number of aliphatic hydroxyl groups excluding tert-OH is 1. The molecule has 0 aromatic carbocycles. The molecule has 4 heteroatoms. The highest BCUT2D eigenvalue weighted by Crippen LogP contribution is 2.62. The molecule has 2 aliphatic carbocycles. The van der Waals surface area contributed by atoms with E-state index in [0.717, 1.165) is 38.9 Å². The number of hydrogen-bond donors (Lipinski definition) is 1. The molecule has 128 valence electrons. The van der Waals surface area contributed by atoms with E-state index < -0.39 is 0 Å². The Kier molecular flexibility index (Phi) is 3.14. The van der Waals surface area contributed by atoms with Crippen LogP contribution in [0.1, 0.15) is 50.3 Å². The topological polar surface area (TPSA) is 47.3 Å². The second-order valence-electron chi connectivity index (χ2n) is 8.38. The van der Waals surface area contributed by atoms with E-state index in [-0.39, 0.29) is 16.9 Å². The summed E-state index contributed by atoms with van der Waals surface area (Å²) in [6.07, 6.45) is 17.0. The van der Waals surface area contributed by atoms with Gasteiger partial charge in [-0.25, -0.2) is 4.98 Å². The average Bonchev–Trinajstić information content (AvgIpc) is 3.23. The Balaban J connectivity index is 1.54. The maximum Gasteiger partial charge on any atom is 0.0951 e. The summed E-state index contributed by atoms with van der Waals surface area (Å²) >= 11 is 0. The minimum absolute atomic E-state index is 0.0371. The van der Waals surface area contributed by atoms with Gasteiger partial charge in [-0.3, -0.25) is 0 Å². The lowest BCUT2D eigenvalue weighted by atomic mass is 9.66. The van der Waals surface area contributed by atoms with Crippen LogP contribution in [-0.2, 0) is 4.74 Å². The summed E-state index contributed by atoms with van der Waals surface area (Å²) in [5.41, 5.74) is 1.41. The molecule has 1 N–H and O–H groups in total. The van der Waals surface area contributed by atoms with Crippen LogP contribution in [-0.4, -0.2) is 34.0 Å². The van der Waals surface area contributed by atoms with E-state index >= 15 is 0 Å². The maximum absolute atomic E-state index is 11.4. The predicted molar refractivity (Wildman–Crippen MR) is 91.6 cm³/mol. The molecule has 0 bridgehead atoms. The van der Waals surface area contributed by atoms with Crippen molar-refractivity contribution in [2.75, 3.05) is 13.2 Å². The Morgan fingerprint density at radius 2 is 2.08 bits per heavy atom. The van der Waals surface area contributed by atoms with Crippen LogP contribution in [0.4, 0.5) is 0 Å². The molecule has 2 unspecified atom stereocenters. The highest BCUT2D eigenvalue weighted by atomic mass is 16.5. The molecular formula is C20H26N2O2. The predicted octanol–water partition coefficient (Wildman–Crippen LogP) is 3.22. The number of nitrogens with zero attached hydrogens (tertiary/aromatic N) is 2. The van der Waals surface area contributed by atoms with Gasteiger partial charge in [-0.15, -0.1) is 0 Å². The van der Waals surface area contributed by atoms with E-state index in [1.165, 1.54) is 5.69 Å². The van der Waals surface area contributed by atoms with Crippen LogP contribution in [0, 0.1) is 16.7 Å². The molecule has 1 saturated carbocycles. The smallest absolute Gasteiger partial charge is 0.0951 e. The van der Waals surface area contributed by atoms with Gasteiger partial charge in [-0.2, -0.15) is 0 Å². The Bertz CT molecular complexity index is 700. The Hall–Kier alpha value is -1.39. The molecule has 4 aliphatic rings. The van der Waals surface area contributed by atoms with Crippen molar-refractivity contribution in [2.45, 2.75) is 50.7 Å². The number of imidazole rings is 1. The third kappa shape index (κ3) is 1.79. The molecular weight excluding hydrogens is 300 g/mol. The Morgan fingerprint density at radius 3 is 2.92 bits per heavy atom. The minimum atomic E-state index is -0.239. The summed E-state index contributed by atoms with van der Waals surface area (Å²) in [5, 5.41) is 11.4. The summed E-state index contributed by atoms with van der Waals surface area (Å²) in [6.45, 7) is 3.96.